The van der Waals surface area contributed by atoms with Crippen LogP contribution in [0, 0.1) is 19.7 Å². The minimum atomic E-state index is -0.429. The first kappa shape index (κ1) is 22.2. The predicted molar refractivity (Wildman–Crippen MR) is 133 cm³/mol. The molecule has 0 saturated carbocycles. The Morgan fingerprint density at radius 1 is 1.17 bits per heavy atom. The van der Waals surface area contributed by atoms with Gasteiger partial charge in [0.25, 0.3) is 0 Å². The fraction of sp³-hybridized carbons (Fsp3) is 0.292. The Labute approximate surface area is 205 Å². The van der Waals surface area contributed by atoms with E-state index in [1.807, 2.05) is 26.0 Å². The van der Waals surface area contributed by atoms with Crippen molar-refractivity contribution in [1.29, 1.82) is 0 Å². The van der Waals surface area contributed by atoms with E-state index >= 15 is 0 Å². The second-order valence-corrected chi connectivity index (χ2v) is 8.90. The van der Waals surface area contributed by atoms with Crippen LogP contribution < -0.4 is 10.6 Å². The molecule has 3 N–H and O–H groups in total. The average Bonchev–Trinajstić information content (AvgIpc) is 3.57. The summed E-state index contributed by atoms with van der Waals surface area (Å²) >= 11 is 0. The van der Waals surface area contributed by atoms with Crippen molar-refractivity contribution in [3.63, 3.8) is 0 Å². The molecule has 0 bridgehead atoms. The molecule has 184 valence electrons. The molecule has 6 heterocycles. The standard InChI is InChI=1S/C24H25FN10O/c1-13-12-36-7-6-33(13)20-9-18(22-23(26)32-35(24(22)29-20)19-4-5-28-30-19)21-14(2)31-34(15(21)3)17-8-16(25)10-27-11-17/h4-5,8-11,13H,6-7,12H2,1-3H3,(H2,26,32)(H,28,30). The van der Waals surface area contributed by atoms with E-state index < -0.39 is 5.82 Å². The molecule has 11 nitrogen and oxygen atoms in total. The zero-order chi connectivity index (χ0) is 25.0. The van der Waals surface area contributed by atoms with Gasteiger partial charge in [-0.2, -0.15) is 14.9 Å². The molecule has 1 unspecified atom stereocenters. The predicted octanol–water partition coefficient (Wildman–Crippen LogP) is 2.95. The molecule has 0 aromatic carbocycles. The van der Waals surface area contributed by atoms with Gasteiger partial charge in [0.2, 0.25) is 0 Å². The summed E-state index contributed by atoms with van der Waals surface area (Å²) in [6.45, 7) is 7.91. The summed E-state index contributed by atoms with van der Waals surface area (Å²) in [5, 5.41) is 17.0. The van der Waals surface area contributed by atoms with Crippen molar-refractivity contribution in [2.75, 3.05) is 30.4 Å². The summed E-state index contributed by atoms with van der Waals surface area (Å²) in [4.78, 5) is 11.2. The van der Waals surface area contributed by atoms with Crippen LogP contribution in [0.4, 0.5) is 16.0 Å². The van der Waals surface area contributed by atoms with Crippen LogP contribution in [0.2, 0.25) is 0 Å². The van der Waals surface area contributed by atoms with Crippen LogP contribution in [0.5, 0.6) is 0 Å². The van der Waals surface area contributed by atoms with Gasteiger partial charge in [0.1, 0.15) is 11.6 Å². The Hall–Kier alpha value is -4.32. The molecule has 1 aliphatic rings. The Balaban J connectivity index is 1.63. The summed E-state index contributed by atoms with van der Waals surface area (Å²) in [6, 6.07) is 5.39. The number of hydrogen-bond acceptors (Lipinski definition) is 8. The Morgan fingerprint density at radius 3 is 2.78 bits per heavy atom. The van der Waals surface area contributed by atoms with Crippen LogP contribution in [0.15, 0.2) is 36.8 Å². The summed E-state index contributed by atoms with van der Waals surface area (Å²) in [6.07, 6.45) is 4.40. The van der Waals surface area contributed by atoms with Crippen LogP contribution in [-0.4, -0.2) is 65.5 Å². The Bertz CT molecular complexity index is 1570. The highest BCUT2D eigenvalue weighted by Crippen LogP contribution is 2.39. The fourth-order valence-corrected chi connectivity index (χ4v) is 4.88. The number of morpholine rings is 1. The van der Waals surface area contributed by atoms with Gasteiger partial charge in [0.05, 0.1) is 54.6 Å². The van der Waals surface area contributed by atoms with Crippen LogP contribution in [0.25, 0.3) is 33.7 Å². The van der Waals surface area contributed by atoms with E-state index in [9.17, 15) is 4.39 Å². The number of halogens is 1. The lowest BCUT2D eigenvalue weighted by Gasteiger charge is -2.34. The van der Waals surface area contributed by atoms with E-state index in [1.54, 1.807) is 21.8 Å². The maximum atomic E-state index is 13.9. The molecule has 0 aliphatic carbocycles. The minimum Gasteiger partial charge on any atom is -0.382 e. The van der Waals surface area contributed by atoms with E-state index in [-0.39, 0.29) is 6.04 Å². The van der Waals surface area contributed by atoms with Crippen molar-refractivity contribution in [3.05, 3.63) is 54.0 Å². The van der Waals surface area contributed by atoms with Gasteiger partial charge in [-0.1, -0.05) is 0 Å². The second-order valence-electron chi connectivity index (χ2n) is 8.90. The number of hydrogen-bond donors (Lipinski definition) is 2. The van der Waals surface area contributed by atoms with Crippen molar-refractivity contribution >= 4 is 22.7 Å². The van der Waals surface area contributed by atoms with E-state index in [1.165, 1.54) is 12.3 Å². The largest absolute Gasteiger partial charge is 0.382 e. The summed E-state index contributed by atoms with van der Waals surface area (Å²) in [5.74, 6) is 1.34. The van der Waals surface area contributed by atoms with Gasteiger partial charge in [-0.15, -0.1) is 5.10 Å². The molecule has 12 heteroatoms. The highest BCUT2D eigenvalue weighted by atomic mass is 19.1. The number of nitrogens with two attached hydrogens (primary N) is 1. The first-order valence-electron chi connectivity index (χ1n) is 11.6. The fourth-order valence-electron chi connectivity index (χ4n) is 4.88. The number of ether oxygens (including phenoxy) is 1. The van der Waals surface area contributed by atoms with Crippen LogP contribution in [0.3, 0.4) is 0 Å². The lowest BCUT2D eigenvalue weighted by molar-refractivity contribution is 0.0985. The minimum absolute atomic E-state index is 0.140. The lowest BCUT2D eigenvalue weighted by Crippen LogP contribution is -2.44. The molecule has 0 amide bonds. The summed E-state index contributed by atoms with van der Waals surface area (Å²) in [7, 11) is 0. The number of pyridine rings is 2. The molecular weight excluding hydrogens is 463 g/mol. The number of anilines is 2. The number of rotatable bonds is 4. The molecule has 5 aromatic rings. The van der Waals surface area contributed by atoms with Gasteiger partial charge in [-0.05, 0) is 26.8 Å². The van der Waals surface area contributed by atoms with Crippen LogP contribution in [0.1, 0.15) is 18.3 Å². The van der Waals surface area contributed by atoms with Crippen molar-refractivity contribution < 1.29 is 9.13 Å². The molecule has 0 radical (unpaired) electrons. The zero-order valence-electron chi connectivity index (χ0n) is 20.1. The summed E-state index contributed by atoms with van der Waals surface area (Å²) < 4.78 is 23.0. The van der Waals surface area contributed by atoms with E-state index in [2.05, 4.69) is 32.1 Å². The van der Waals surface area contributed by atoms with Gasteiger partial charge in [0.15, 0.2) is 17.3 Å². The summed E-state index contributed by atoms with van der Waals surface area (Å²) in [5.41, 5.74) is 10.9. The van der Waals surface area contributed by atoms with Crippen molar-refractivity contribution in [3.8, 4) is 22.6 Å². The second kappa shape index (κ2) is 8.41. The highest BCUT2D eigenvalue weighted by molar-refractivity contribution is 6.03. The molecule has 1 atom stereocenters. The van der Waals surface area contributed by atoms with E-state index in [4.69, 9.17) is 20.6 Å². The zero-order valence-corrected chi connectivity index (χ0v) is 20.1. The van der Waals surface area contributed by atoms with Crippen LogP contribution in [-0.2, 0) is 4.74 Å². The number of nitrogen functional groups attached to an aromatic ring is 1. The molecule has 1 fully saturated rings. The highest BCUT2D eigenvalue weighted by Gasteiger charge is 2.27. The van der Waals surface area contributed by atoms with Crippen molar-refractivity contribution in [1.82, 2.24) is 39.7 Å². The third-order valence-electron chi connectivity index (χ3n) is 6.52. The maximum absolute atomic E-state index is 13.9. The van der Waals surface area contributed by atoms with Gasteiger partial charge < -0.3 is 15.4 Å². The van der Waals surface area contributed by atoms with E-state index in [0.29, 0.717) is 48.1 Å². The number of nitrogens with zero attached hydrogens (tertiary/aromatic N) is 8. The number of aryl methyl sites for hydroxylation is 1. The molecule has 0 spiro atoms. The van der Waals surface area contributed by atoms with Crippen molar-refractivity contribution in [2.24, 2.45) is 0 Å². The number of fused-ring (bicyclic) bond motifs is 1. The molecule has 1 aliphatic heterocycles. The third kappa shape index (κ3) is 3.49. The Morgan fingerprint density at radius 2 is 2.03 bits per heavy atom. The maximum Gasteiger partial charge on any atom is 0.169 e. The number of aromatic amines is 1. The molecule has 5 aromatic heterocycles. The quantitative estimate of drug-likeness (QED) is 0.395. The van der Waals surface area contributed by atoms with Gasteiger partial charge >= 0.3 is 0 Å². The molecule has 36 heavy (non-hydrogen) atoms. The lowest BCUT2D eigenvalue weighted by atomic mass is 10.0. The van der Waals surface area contributed by atoms with E-state index in [0.717, 1.165) is 28.3 Å². The first-order valence-corrected chi connectivity index (χ1v) is 11.6. The number of aromatic nitrogens is 8. The monoisotopic (exact) mass is 488 g/mol. The smallest absolute Gasteiger partial charge is 0.169 e. The molecular formula is C24H25FN10O. The van der Waals surface area contributed by atoms with Crippen molar-refractivity contribution in [2.45, 2.75) is 26.8 Å². The third-order valence-corrected chi connectivity index (χ3v) is 6.52. The van der Waals surface area contributed by atoms with Crippen LogP contribution >= 0.6 is 0 Å². The molecule has 1 saturated heterocycles. The number of H-pyrrole nitrogens is 1. The van der Waals surface area contributed by atoms with Gasteiger partial charge in [-0.25, -0.2) is 14.1 Å². The van der Waals surface area contributed by atoms with Gasteiger partial charge in [0, 0.05) is 35.5 Å². The topological polar surface area (TPSA) is 129 Å². The Kier molecular flexibility index (Phi) is 5.18. The number of nitrogens with one attached hydrogen (secondary N) is 1. The average molecular weight is 489 g/mol. The van der Waals surface area contributed by atoms with Gasteiger partial charge in [-0.3, -0.25) is 10.1 Å². The normalized spacial score (nSPS) is 16.2. The SMILES string of the molecule is Cc1nn(-c2cncc(F)c2)c(C)c1-c1cc(N2CCOCC2C)nc2c1c(N)nn2-c1ccn[nH]1. The first-order chi connectivity index (χ1) is 17.4. The molecule has 6 rings (SSSR count).